The molecule has 22 heavy (non-hydrogen) atoms. The third-order valence-electron chi connectivity index (χ3n) is 2.76. The molecule has 6 heteroatoms. The number of hydrogen-bond acceptors (Lipinski definition) is 6. The molecule has 0 fully saturated rings. The monoisotopic (exact) mass is 310 g/mol. The van der Waals surface area contributed by atoms with Gasteiger partial charge in [-0.1, -0.05) is 12.1 Å². The van der Waals surface area contributed by atoms with E-state index in [1.54, 1.807) is 18.6 Å². The van der Waals surface area contributed by atoms with Crippen LogP contribution in [0.5, 0.6) is 11.5 Å². The van der Waals surface area contributed by atoms with Crippen molar-refractivity contribution in [3.05, 3.63) is 65.4 Å². The molecule has 5 nitrogen and oxygen atoms in total. The Bertz CT molecular complexity index is 771. The lowest BCUT2D eigenvalue weighted by Gasteiger charge is -2.07. The number of benzene rings is 1. The van der Waals surface area contributed by atoms with Gasteiger partial charge in [0.25, 0.3) is 0 Å². The van der Waals surface area contributed by atoms with Crippen LogP contribution >= 0.6 is 11.3 Å². The Morgan fingerprint density at radius 2 is 2.14 bits per heavy atom. The Kier molecular flexibility index (Phi) is 4.41. The Morgan fingerprint density at radius 1 is 1.23 bits per heavy atom. The summed E-state index contributed by atoms with van der Waals surface area (Å²) >= 11 is 1.52. The molecule has 1 N–H and O–H groups in total. The number of aromatic nitrogens is 2. The Balaban J connectivity index is 1.73. The number of thiazole rings is 1. The number of para-hydroxylation sites is 1. The van der Waals surface area contributed by atoms with E-state index in [2.05, 4.69) is 20.5 Å². The summed E-state index contributed by atoms with van der Waals surface area (Å²) in [7, 11) is 0. The van der Waals surface area contributed by atoms with Crippen LogP contribution in [0.2, 0.25) is 0 Å². The number of anilines is 1. The summed E-state index contributed by atoms with van der Waals surface area (Å²) < 4.78 is 5.82. The van der Waals surface area contributed by atoms with Crippen LogP contribution < -0.4 is 10.2 Å². The van der Waals surface area contributed by atoms with Crippen LogP contribution in [0.3, 0.4) is 0 Å². The van der Waals surface area contributed by atoms with E-state index < -0.39 is 0 Å². The van der Waals surface area contributed by atoms with Gasteiger partial charge in [0.15, 0.2) is 0 Å². The molecule has 3 rings (SSSR count). The molecule has 0 atom stereocenters. The van der Waals surface area contributed by atoms with E-state index in [0.29, 0.717) is 5.75 Å². The normalized spacial score (nSPS) is 10.8. The van der Waals surface area contributed by atoms with Crippen LogP contribution in [0.15, 0.2) is 59.3 Å². The summed E-state index contributed by atoms with van der Waals surface area (Å²) in [5.41, 5.74) is 4.76. The maximum absolute atomic E-state index is 5.82. The minimum absolute atomic E-state index is 0.687. The van der Waals surface area contributed by atoms with Crippen molar-refractivity contribution >= 4 is 22.7 Å². The zero-order valence-electron chi connectivity index (χ0n) is 11.9. The molecule has 2 heterocycles. The van der Waals surface area contributed by atoms with Crippen molar-refractivity contribution in [3.8, 4) is 11.5 Å². The Hall–Kier alpha value is -2.73. The second-order valence-corrected chi connectivity index (χ2v) is 5.35. The number of nitrogens with zero attached hydrogens (tertiary/aromatic N) is 3. The van der Waals surface area contributed by atoms with Gasteiger partial charge in [-0.05, 0) is 31.2 Å². The number of pyridine rings is 1. The van der Waals surface area contributed by atoms with Crippen LogP contribution in [0.25, 0.3) is 0 Å². The summed E-state index contributed by atoms with van der Waals surface area (Å²) in [5.74, 6) is 1.41. The number of ether oxygens (including phenoxy) is 1. The lowest BCUT2D eigenvalue weighted by atomic mass is 10.2. The fourth-order valence-electron chi connectivity index (χ4n) is 1.78. The summed E-state index contributed by atoms with van der Waals surface area (Å²) in [6.45, 7) is 1.95. The van der Waals surface area contributed by atoms with E-state index in [1.165, 1.54) is 11.3 Å². The highest BCUT2D eigenvalue weighted by molar-refractivity contribution is 7.13. The van der Waals surface area contributed by atoms with Crippen molar-refractivity contribution in [1.29, 1.82) is 0 Å². The zero-order chi connectivity index (χ0) is 15.2. The molecule has 3 aromatic rings. The lowest BCUT2D eigenvalue weighted by molar-refractivity contribution is 0.479. The van der Waals surface area contributed by atoms with E-state index in [1.807, 2.05) is 48.7 Å². The second-order valence-electron chi connectivity index (χ2n) is 4.49. The van der Waals surface area contributed by atoms with Crippen LogP contribution in [-0.2, 0) is 0 Å². The minimum Gasteiger partial charge on any atom is -0.455 e. The van der Waals surface area contributed by atoms with Gasteiger partial charge in [0.1, 0.15) is 11.5 Å². The number of hydrazone groups is 1. The highest BCUT2D eigenvalue weighted by Gasteiger charge is 2.02. The molecule has 0 spiro atoms. The number of nitrogens with one attached hydrogen (secondary N) is 1. The third kappa shape index (κ3) is 3.67. The highest BCUT2D eigenvalue weighted by Crippen LogP contribution is 2.23. The van der Waals surface area contributed by atoms with E-state index in [9.17, 15) is 0 Å². The zero-order valence-corrected chi connectivity index (χ0v) is 12.7. The lowest BCUT2D eigenvalue weighted by Crippen LogP contribution is -1.94. The molecule has 0 saturated carbocycles. The molecule has 1 aromatic carbocycles. The van der Waals surface area contributed by atoms with Gasteiger partial charge in [-0.15, -0.1) is 11.3 Å². The molecule has 0 aliphatic carbocycles. The maximum atomic E-state index is 5.82. The van der Waals surface area contributed by atoms with E-state index >= 15 is 0 Å². The average Bonchev–Trinajstić information content (AvgIpc) is 2.95. The van der Waals surface area contributed by atoms with Crippen LogP contribution in [0.4, 0.5) is 5.13 Å². The van der Waals surface area contributed by atoms with Crippen molar-refractivity contribution < 1.29 is 4.74 Å². The molecule has 0 bridgehead atoms. The largest absolute Gasteiger partial charge is 0.455 e. The maximum Gasteiger partial charge on any atom is 0.203 e. The molecule has 0 amide bonds. The fourth-order valence-corrected chi connectivity index (χ4v) is 2.41. The minimum atomic E-state index is 0.687. The van der Waals surface area contributed by atoms with Crippen molar-refractivity contribution in [1.82, 2.24) is 9.97 Å². The standard InChI is InChI=1S/C16H14N4OS/c1-12-11-22-16(19-12)20-18-9-13-5-2-3-7-15(13)21-14-6-4-8-17-10-14/h2-11H,1H3,(H,19,20). The first-order valence-electron chi connectivity index (χ1n) is 6.69. The van der Waals surface area contributed by atoms with Gasteiger partial charge >= 0.3 is 0 Å². The van der Waals surface area contributed by atoms with E-state index in [4.69, 9.17) is 4.74 Å². The molecule has 0 unspecified atom stereocenters. The van der Waals surface area contributed by atoms with Crippen LogP contribution in [-0.4, -0.2) is 16.2 Å². The number of hydrogen-bond donors (Lipinski definition) is 1. The predicted molar refractivity (Wildman–Crippen MR) is 88.8 cm³/mol. The molecular formula is C16H14N4OS. The van der Waals surface area contributed by atoms with Crippen molar-refractivity contribution in [3.63, 3.8) is 0 Å². The van der Waals surface area contributed by atoms with E-state index in [0.717, 1.165) is 22.1 Å². The molecule has 0 aliphatic rings. The first-order chi connectivity index (χ1) is 10.8. The third-order valence-corrected chi connectivity index (χ3v) is 3.63. The Labute approximate surface area is 132 Å². The summed E-state index contributed by atoms with van der Waals surface area (Å²) in [6, 6.07) is 11.4. The van der Waals surface area contributed by atoms with Gasteiger partial charge in [0, 0.05) is 17.1 Å². The average molecular weight is 310 g/mol. The van der Waals surface area contributed by atoms with Crippen LogP contribution in [0, 0.1) is 6.92 Å². The molecule has 2 aromatic heterocycles. The first-order valence-corrected chi connectivity index (χ1v) is 7.57. The predicted octanol–water partition coefficient (Wildman–Crippen LogP) is 4.08. The van der Waals surface area contributed by atoms with Gasteiger partial charge < -0.3 is 4.74 Å². The van der Waals surface area contributed by atoms with E-state index in [-0.39, 0.29) is 0 Å². The van der Waals surface area contributed by atoms with Gasteiger partial charge in [0.05, 0.1) is 18.1 Å². The van der Waals surface area contributed by atoms with Crippen molar-refractivity contribution in [2.75, 3.05) is 5.43 Å². The number of rotatable bonds is 5. The topological polar surface area (TPSA) is 59.4 Å². The van der Waals surface area contributed by atoms with Crippen molar-refractivity contribution in [2.24, 2.45) is 5.10 Å². The summed E-state index contributed by atoms with van der Waals surface area (Å²) in [6.07, 6.45) is 5.09. The van der Waals surface area contributed by atoms with Crippen LogP contribution in [0.1, 0.15) is 11.3 Å². The smallest absolute Gasteiger partial charge is 0.203 e. The quantitative estimate of drug-likeness (QED) is 0.569. The molecule has 0 saturated heterocycles. The molecule has 0 aliphatic heterocycles. The number of aryl methyl sites for hydroxylation is 1. The second kappa shape index (κ2) is 6.82. The van der Waals surface area contributed by atoms with Gasteiger partial charge in [-0.3, -0.25) is 10.4 Å². The van der Waals surface area contributed by atoms with Gasteiger partial charge in [-0.2, -0.15) is 5.10 Å². The molecule has 0 radical (unpaired) electrons. The molecule has 110 valence electrons. The Morgan fingerprint density at radius 3 is 2.91 bits per heavy atom. The summed E-state index contributed by atoms with van der Waals surface area (Å²) in [5, 5.41) is 6.94. The SMILES string of the molecule is Cc1csc(NN=Cc2ccccc2Oc2cccnc2)n1. The first kappa shape index (κ1) is 14.2. The van der Waals surface area contributed by atoms with Gasteiger partial charge in [0.2, 0.25) is 5.13 Å². The van der Waals surface area contributed by atoms with Crippen molar-refractivity contribution in [2.45, 2.75) is 6.92 Å². The summed E-state index contributed by atoms with van der Waals surface area (Å²) in [4.78, 5) is 8.32. The van der Waals surface area contributed by atoms with Gasteiger partial charge in [-0.25, -0.2) is 4.98 Å². The fraction of sp³-hybridized carbons (Fsp3) is 0.0625. The molecular weight excluding hydrogens is 296 g/mol. The highest BCUT2D eigenvalue weighted by atomic mass is 32.1.